The summed E-state index contributed by atoms with van der Waals surface area (Å²) in [5.41, 5.74) is 0. The molecule has 0 heterocycles. The number of rotatable bonds is 0. The number of hydrogen-bond donors (Lipinski definition) is 0. The van der Waals surface area contributed by atoms with Crippen molar-refractivity contribution in [2.45, 2.75) is 0 Å². The quantitative estimate of drug-likeness (QED) is 0.462. The molecule has 0 aromatic rings. The third-order valence-corrected chi connectivity index (χ3v) is 0. The predicted octanol–water partition coefficient (Wildman–Crippen LogP) is 2.31. The summed E-state index contributed by atoms with van der Waals surface area (Å²) < 4.78 is 0. The van der Waals surface area contributed by atoms with E-state index in [9.17, 15) is 0 Å². The van der Waals surface area contributed by atoms with Crippen LogP contribution in [0.5, 0.6) is 0 Å². The first-order valence-electron chi connectivity index (χ1n) is 0. The van der Waals surface area contributed by atoms with Gasteiger partial charge < -0.3 is 0 Å². The molecule has 5 heavy (non-hydrogen) atoms. The average Bonchev–Trinajstić information content (AvgIpc) is 0. The van der Waals surface area contributed by atoms with Gasteiger partial charge in [0, 0.05) is 21.1 Å². The monoisotopic (exact) mass is 515 g/mol. The maximum absolute atomic E-state index is 0. The van der Waals surface area contributed by atoms with E-state index >= 15 is 0 Å². The summed E-state index contributed by atoms with van der Waals surface area (Å²) in [6.45, 7) is 0. The Morgan fingerprint density at radius 3 is 0.400 bits per heavy atom. The molecule has 0 atom stereocenters. The summed E-state index contributed by atoms with van der Waals surface area (Å²) in [7, 11) is 0. The first-order chi connectivity index (χ1) is 0. The van der Waals surface area contributed by atoms with E-state index in [0.29, 0.717) is 0 Å². The second kappa shape index (κ2) is 30.6. The van der Waals surface area contributed by atoms with Gasteiger partial charge in [-0.2, -0.15) is 0 Å². The fourth-order valence-corrected chi connectivity index (χ4v) is 0. The molecule has 0 aliphatic carbocycles. The second-order valence-corrected chi connectivity index (χ2v) is 0. The van der Waals surface area contributed by atoms with Gasteiger partial charge in [0.1, 0.15) is 0 Å². The van der Waals surface area contributed by atoms with Crippen LogP contribution in [-0.4, -0.2) is 0 Å². The van der Waals surface area contributed by atoms with Crippen molar-refractivity contribution in [1.82, 2.24) is 0 Å². The van der Waals surface area contributed by atoms with Gasteiger partial charge in [0.05, 0.1) is 0 Å². The third kappa shape index (κ3) is 20.6. The molecule has 0 unspecified atom stereocenters. The van der Waals surface area contributed by atoms with Crippen molar-refractivity contribution in [3.8, 4) is 0 Å². The minimum Gasteiger partial charge on any atom is -0.114 e. The molecule has 0 aromatic heterocycles. The Labute approximate surface area is 87.8 Å². The van der Waals surface area contributed by atoms with Crippen molar-refractivity contribution in [3.05, 3.63) is 0 Å². The Morgan fingerprint density at radius 2 is 0.400 bits per heavy atom. The van der Waals surface area contributed by atoms with Crippen LogP contribution in [0.15, 0.2) is 0 Å². The zero-order valence-electron chi connectivity index (χ0n) is 1.95. The van der Waals surface area contributed by atoms with Crippen LogP contribution in [0, 0.1) is 0 Å². The van der Waals surface area contributed by atoms with E-state index in [1.54, 1.807) is 0 Å². The molecule has 0 nitrogen and oxygen atoms in total. The standard InChI is InChI=1S/4BrH.Pt/h4*1H;. The minimum atomic E-state index is 0. The van der Waals surface area contributed by atoms with Gasteiger partial charge in [0.15, 0.2) is 0 Å². The van der Waals surface area contributed by atoms with Crippen LogP contribution in [0.1, 0.15) is 0 Å². The van der Waals surface area contributed by atoms with Gasteiger partial charge >= 0.3 is 0 Å². The van der Waals surface area contributed by atoms with E-state index in [2.05, 4.69) is 0 Å². The first kappa shape index (κ1) is 48.8. The van der Waals surface area contributed by atoms with Crippen LogP contribution in [-0.2, 0) is 21.1 Å². The minimum absolute atomic E-state index is 0. The molecule has 5 heteroatoms. The van der Waals surface area contributed by atoms with Crippen LogP contribution < -0.4 is 0 Å². The topological polar surface area (TPSA) is 0 Å². The molecule has 0 aliphatic heterocycles. The molecule has 0 N–H and O–H groups in total. The van der Waals surface area contributed by atoms with Crippen molar-refractivity contribution in [2.24, 2.45) is 0 Å². The van der Waals surface area contributed by atoms with Gasteiger partial charge in [-0.3, -0.25) is 0 Å². The fraction of sp³-hybridized carbons (Fsp3) is 0. The van der Waals surface area contributed by atoms with E-state index in [-0.39, 0.29) is 89.0 Å². The van der Waals surface area contributed by atoms with Crippen LogP contribution in [0.4, 0.5) is 0 Å². The van der Waals surface area contributed by atoms with Gasteiger partial charge in [0.25, 0.3) is 0 Å². The summed E-state index contributed by atoms with van der Waals surface area (Å²) in [5, 5.41) is 0. The van der Waals surface area contributed by atoms with Gasteiger partial charge in [-0.1, -0.05) is 0 Å². The van der Waals surface area contributed by atoms with Crippen molar-refractivity contribution < 1.29 is 21.1 Å². The van der Waals surface area contributed by atoms with Crippen LogP contribution in [0.3, 0.4) is 0 Å². The molecule has 0 bridgehead atoms. The van der Waals surface area contributed by atoms with E-state index in [0.717, 1.165) is 0 Å². The average molecular weight is 519 g/mol. The zero-order valence-corrected chi connectivity index (χ0v) is 11.1. The van der Waals surface area contributed by atoms with Crippen LogP contribution >= 0.6 is 67.9 Å². The van der Waals surface area contributed by atoms with Gasteiger partial charge in [-0.15, -0.1) is 67.9 Å². The maximum Gasteiger partial charge on any atom is 0 e. The van der Waals surface area contributed by atoms with Crippen molar-refractivity contribution in [3.63, 3.8) is 0 Å². The maximum atomic E-state index is 0. The van der Waals surface area contributed by atoms with E-state index in [1.165, 1.54) is 0 Å². The van der Waals surface area contributed by atoms with Crippen molar-refractivity contribution in [2.75, 3.05) is 0 Å². The summed E-state index contributed by atoms with van der Waals surface area (Å²) in [6.07, 6.45) is 0. The van der Waals surface area contributed by atoms with Gasteiger partial charge in [0.2, 0.25) is 0 Å². The van der Waals surface area contributed by atoms with Crippen molar-refractivity contribution >= 4 is 67.9 Å². The second-order valence-electron chi connectivity index (χ2n) is 0. The SMILES string of the molecule is Br.Br.Br.Br.[Pt]. The van der Waals surface area contributed by atoms with Gasteiger partial charge in [-0.05, 0) is 0 Å². The molecule has 0 spiro atoms. The summed E-state index contributed by atoms with van der Waals surface area (Å²) in [4.78, 5) is 0. The molecule has 0 radical (unpaired) electrons. The number of hydrogen-bond acceptors (Lipinski definition) is 0. The molecule has 0 amide bonds. The molecular weight excluding hydrogens is 515 g/mol. The van der Waals surface area contributed by atoms with E-state index < -0.39 is 0 Å². The molecule has 0 saturated carbocycles. The van der Waals surface area contributed by atoms with Gasteiger partial charge in [-0.25, -0.2) is 0 Å². The molecule has 0 rings (SSSR count). The Balaban J connectivity index is 0. The van der Waals surface area contributed by atoms with Crippen molar-refractivity contribution in [1.29, 1.82) is 0 Å². The molecule has 0 aromatic carbocycles. The molecule has 0 aliphatic rings. The summed E-state index contributed by atoms with van der Waals surface area (Å²) >= 11 is 0. The van der Waals surface area contributed by atoms with Crippen LogP contribution in [0.2, 0.25) is 0 Å². The molecule has 0 saturated heterocycles. The molecular formula is H4Br4Pt. The predicted molar refractivity (Wildman–Crippen MR) is 41.3 cm³/mol. The molecule has 0 fully saturated rings. The van der Waals surface area contributed by atoms with E-state index in [1.807, 2.05) is 0 Å². The fourth-order valence-electron chi connectivity index (χ4n) is 0. The summed E-state index contributed by atoms with van der Waals surface area (Å²) in [6, 6.07) is 0. The summed E-state index contributed by atoms with van der Waals surface area (Å²) in [5.74, 6) is 0. The Kier molecular flexibility index (Phi) is 298. The number of halogens is 4. The van der Waals surface area contributed by atoms with E-state index in [4.69, 9.17) is 0 Å². The Hall–Kier alpha value is 2.61. The van der Waals surface area contributed by atoms with Crippen LogP contribution in [0.25, 0.3) is 0 Å². The zero-order chi connectivity index (χ0) is 0. The Bertz CT molecular complexity index is 3.61. The smallest absolute Gasteiger partial charge is 0 e. The molecule has 42 valence electrons. The third-order valence-electron chi connectivity index (χ3n) is 0. The first-order valence-corrected chi connectivity index (χ1v) is 0. The normalized spacial score (nSPS) is 0. The Morgan fingerprint density at radius 1 is 0.400 bits per heavy atom. The largest absolute Gasteiger partial charge is 0.114 e.